The minimum atomic E-state index is 0.714. The SMILES string of the molecule is COc1cccc(CC2CNCCS2)c1. The minimum absolute atomic E-state index is 0.714. The fourth-order valence-corrected chi connectivity index (χ4v) is 2.95. The summed E-state index contributed by atoms with van der Waals surface area (Å²) in [5, 5.41) is 4.15. The van der Waals surface area contributed by atoms with E-state index in [2.05, 4.69) is 35.3 Å². The summed E-state index contributed by atoms with van der Waals surface area (Å²) < 4.78 is 5.22. The average molecular weight is 223 g/mol. The van der Waals surface area contributed by atoms with Gasteiger partial charge in [-0.3, -0.25) is 0 Å². The van der Waals surface area contributed by atoms with E-state index < -0.39 is 0 Å². The van der Waals surface area contributed by atoms with Crippen molar-refractivity contribution in [3.63, 3.8) is 0 Å². The normalized spacial score (nSPS) is 21.3. The molecule has 1 unspecified atom stereocenters. The van der Waals surface area contributed by atoms with E-state index in [1.807, 2.05) is 6.07 Å². The lowest BCUT2D eigenvalue weighted by molar-refractivity contribution is 0.414. The van der Waals surface area contributed by atoms with Crippen molar-refractivity contribution in [1.29, 1.82) is 0 Å². The summed E-state index contributed by atoms with van der Waals surface area (Å²) in [5.74, 6) is 2.19. The smallest absolute Gasteiger partial charge is 0.119 e. The topological polar surface area (TPSA) is 21.3 Å². The monoisotopic (exact) mass is 223 g/mol. The van der Waals surface area contributed by atoms with Crippen LogP contribution in [-0.4, -0.2) is 31.2 Å². The Balaban J connectivity index is 1.96. The van der Waals surface area contributed by atoms with E-state index >= 15 is 0 Å². The predicted molar refractivity (Wildman–Crippen MR) is 65.8 cm³/mol. The predicted octanol–water partition coefficient (Wildman–Crippen LogP) is 1.94. The molecule has 1 aliphatic heterocycles. The number of ether oxygens (including phenoxy) is 1. The summed E-state index contributed by atoms with van der Waals surface area (Å²) in [6.07, 6.45) is 1.13. The molecule has 1 N–H and O–H groups in total. The van der Waals surface area contributed by atoms with Gasteiger partial charge in [-0.05, 0) is 24.1 Å². The van der Waals surface area contributed by atoms with Crippen molar-refractivity contribution < 1.29 is 4.74 Å². The van der Waals surface area contributed by atoms with E-state index in [1.165, 1.54) is 11.3 Å². The van der Waals surface area contributed by atoms with Gasteiger partial charge < -0.3 is 10.1 Å². The maximum absolute atomic E-state index is 5.22. The molecule has 1 atom stereocenters. The fourth-order valence-electron chi connectivity index (χ4n) is 1.81. The van der Waals surface area contributed by atoms with E-state index in [1.54, 1.807) is 7.11 Å². The molecule has 1 aliphatic rings. The standard InChI is InChI=1S/C12H17NOS/c1-14-11-4-2-3-10(7-11)8-12-9-13-5-6-15-12/h2-4,7,12-13H,5-6,8-9H2,1H3. The van der Waals surface area contributed by atoms with Crippen molar-refractivity contribution in [3.05, 3.63) is 29.8 Å². The zero-order valence-electron chi connectivity index (χ0n) is 9.03. The molecule has 1 heterocycles. The highest BCUT2D eigenvalue weighted by Gasteiger charge is 2.13. The first-order valence-electron chi connectivity index (χ1n) is 5.34. The molecule has 0 aliphatic carbocycles. The summed E-state index contributed by atoms with van der Waals surface area (Å²) in [7, 11) is 1.72. The second kappa shape index (κ2) is 5.42. The lowest BCUT2D eigenvalue weighted by atomic mass is 10.1. The van der Waals surface area contributed by atoms with Crippen molar-refractivity contribution in [2.45, 2.75) is 11.7 Å². The number of hydrogen-bond acceptors (Lipinski definition) is 3. The first kappa shape index (κ1) is 10.8. The van der Waals surface area contributed by atoms with E-state index in [0.717, 1.165) is 25.3 Å². The zero-order valence-corrected chi connectivity index (χ0v) is 9.85. The Morgan fingerprint density at radius 2 is 2.47 bits per heavy atom. The molecule has 1 aromatic carbocycles. The van der Waals surface area contributed by atoms with Crippen LogP contribution < -0.4 is 10.1 Å². The highest BCUT2D eigenvalue weighted by Crippen LogP contribution is 2.20. The van der Waals surface area contributed by atoms with Crippen LogP contribution >= 0.6 is 11.8 Å². The van der Waals surface area contributed by atoms with Crippen molar-refractivity contribution in [3.8, 4) is 5.75 Å². The van der Waals surface area contributed by atoms with Crippen LogP contribution in [0.5, 0.6) is 5.75 Å². The number of hydrogen-bond donors (Lipinski definition) is 1. The highest BCUT2D eigenvalue weighted by atomic mass is 32.2. The first-order chi connectivity index (χ1) is 7.38. The summed E-state index contributed by atoms with van der Waals surface area (Å²) in [6.45, 7) is 2.28. The molecule has 0 bridgehead atoms. The van der Waals surface area contributed by atoms with Gasteiger partial charge in [-0.15, -0.1) is 0 Å². The third-order valence-electron chi connectivity index (χ3n) is 2.60. The Kier molecular flexibility index (Phi) is 3.92. The zero-order chi connectivity index (χ0) is 10.5. The van der Waals surface area contributed by atoms with Crippen LogP contribution in [0.2, 0.25) is 0 Å². The van der Waals surface area contributed by atoms with E-state index in [-0.39, 0.29) is 0 Å². The molecule has 15 heavy (non-hydrogen) atoms. The van der Waals surface area contributed by atoms with Gasteiger partial charge >= 0.3 is 0 Å². The van der Waals surface area contributed by atoms with Gasteiger partial charge in [0.15, 0.2) is 0 Å². The Labute approximate surface area is 95.4 Å². The van der Waals surface area contributed by atoms with Gasteiger partial charge in [0.2, 0.25) is 0 Å². The van der Waals surface area contributed by atoms with Crippen LogP contribution in [0, 0.1) is 0 Å². The van der Waals surface area contributed by atoms with E-state index in [9.17, 15) is 0 Å². The van der Waals surface area contributed by atoms with Crippen LogP contribution in [0.1, 0.15) is 5.56 Å². The third kappa shape index (κ3) is 3.14. The number of thioether (sulfide) groups is 1. The van der Waals surface area contributed by atoms with Gasteiger partial charge in [0.1, 0.15) is 5.75 Å². The molecular formula is C12H17NOS. The summed E-state index contributed by atoms with van der Waals surface area (Å²) in [5.41, 5.74) is 1.37. The summed E-state index contributed by atoms with van der Waals surface area (Å²) in [6, 6.07) is 8.37. The van der Waals surface area contributed by atoms with Crippen molar-refractivity contribution in [2.75, 3.05) is 26.0 Å². The maximum atomic E-state index is 5.22. The molecule has 0 spiro atoms. The van der Waals surface area contributed by atoms with Crippen LogP contribution in [0.3, 0.4) is 0 Å². The minimum Gasteiger partial charge on any atom is -0.497 e. The van der Waals surface area contributed by atoms with Gasteiger partial charge in [-0.25, -0.2) is 0 Å². The Bertz CT molecular complexity index is 310. The van der Waals surface area contributed by atoms with Gasteiger partial charge in [0, 0.05) is 24.1 Å². The molecule has 0 aromatic heterocycles. The van der Waals surface area contributed by atoms with E-state index in [0.29, 0.717) is 5.25 Å². The van der Waals surface area contributed by atoms with Crippen LogP contribution in [0.4, 0.5) is 0 Å². The lowest BCUT2D eigenvalue weighted by Gasteiger charge is -2.22. The molecule has 3 heteroatoms. The fraction of sp³-hybridized carbons (Fsp3) is 0.500. The van der Waals surface area contributed by atoms with Gasteiger partial charge in [0.25, 0.3) is 0 Å². The molecule has 2 nitrogen and oxygen atoms in total. The molecule has 1 fully saturated rings. The largest absolute Gasteiger partial charge is 0.497 e. The van der Waals surface area contributed by atoms with Gasteiger partial charge in [-0.2, -0.15) is 11.8 Å². The lowest BCUT2D eigenvalue weighted by Crippen LogP contribution is -2.33. The molecule has 0 saturated carbocycles. The molecule has 1 saturated heterocycles. The molecule has 0 amide bonds. The number of nitrogens with one attached hydrogen (secondary N) is 1. The van der Waals surface area contributed by atoms with E-state index in [4.69, 9.17) is 4.74 Å². The van der Waals surface area contributed by atoms with Crippen molar-refractivity contribution in [2.24, 2.45) is 0 Å². The summed E-state index contributed by atoms with van der Waals surface area (Å²) >= 11 is 2.07. The molecule has 82 valence electrons. The van der Waals surface area contributed by atoms with Gasteiger partial charge in [0.05, 0.1) is 7.11 Å². The van der Waals surface area contributed by atoms with Gasteiger partial charge in [-0.1, -0.05) is 12.1 Å². The summed E-state index contributed by atoms with van der Waals surface area (Å²) in [4.78, 5) is 0. The molecule has 0 radical (unpaired) electrons. The Hall–Kier alpha value is -0.670. The number of methoxy groups -OCH3 is 1. The van der Waals surface area contributed by atoms with Crippen LogP contribution in [-0.2, 0) is 6.42 Å². The Morgan fingerprint density at radius 1 is 1.53 bits per heavy atom. The van der Waals surface area contributed by atoms with Crippen LogP contribution in [0.15, 0.2) is 24.3 Å². The second-order valence-electron chi connectivity index (χ2n) is 3.75. The Morgan fingerprint density at radius 3 is 3.20 bits per heavy atom. The molecule has 1 aromatic rings. The first-order valence-corrected chi connectivity index (χ1v) is 6.38. The second-order valence-corrected chi connectivity index (χ2v) is 5.16. The quantitative estimate of drug-likeness (QED) is 0.846. The van der Waals surface area contributed by atoms with Crippen LogP contribution in [0.25, 0.3) is 0 Å². The number of benzene rings is 1. The molecular weight excluding hydrogens is 206 g/mol. The number of rotatable bonds is 3. The highest BCUT2D eigenvalue weighted by molar-refractivity contribution is 8.00. The maximum Gasteiger partial charge on any atom is 0.119 e. The molecule has 2 rings (SSSR count). The van der Waals surface area contributed by atoms with Crippen molar-refractivity contribution >= 4 is 11.8 Å². The average Bonchev–Trinajstić information content (AvgIpc) is 2.31. The van der Waals surface area contributed by atoms with Crippen molar-refractivity contribution in [1.82, 2.24) is 5.32 Å². The third-order valence-corrected chi connectivity index (χ3v) is 3.85.